The van der Waals surface area contributed by atoms with Crippen molar-refractivity contribution in [3.8, 4) is 5.75 Å². The Bertz CT molecular complexity index is 787. The number of carbonyl (C=O) groups excluding carboxylic acids is 1. The zero-order valence-electron chi connectivity index (χ0n) is 14.8. The smallest absolute Gasteiger partial charge is 0.258 e. The molecule has 0 spiro atoms. The van der Waals surface area contributed by atoms with Crippen LogP contribution in [0.5, 0.6) is 5.75 Å². The van der Waals surface area contributed by atoms with Crippen molar-refractivity contribution < 1.29 is 9.53 Å². The Morgan fingerprint density at radius 2 is 1.85 bits per heavy atom. The number of rotatable bonds is 3. The lowest BCUT2D eigenvalue weighted by molar-refractivity contribution is 0.0984. The van der Waals surface area contributed by atoms with Gasteiger partial charge in [-0.25, -0.2) is 0 Å². The summed E-state index contributed by atoms with van der Waals surface area (Å²) < 4.78 is 6.05. The van der Waals surface area contributed by atoms with E-state index in [4.69, 9.17) is 10.5 Å². The minimum atomic E-state index is 0. The fourth-order valence-corrected chi connectivity index (χ4v) is 3.92. The van der Waals surface area contributed by atoms with E-state index >= 15 is 0 Å². The topological polar surface area (TPSA) is 55.6 Å². The van der Waals surface area contributed by atoms with Gasteiger partial charge in [-0.05, 0) is 74.4 Å². The highest BCUT2D eigenvalue weighted by atomic mass is 35.5. The Balaban J connectivity index is 0.00000196. The fraction of sp³-hybridized carbons (Fsp3) is 0.381. The Hall–Kier alpha value is -2.20. The van der Waals surface area contributed by atoms with Gasteiger partial charge in [0.2, 0.25) is 0 Å². The number of amides is 1. The lowest BCUT2D eigenvalue weighted by atomic mass is 9.99. The van der Waals surface area contributed by atoms with Crippen LogP contribution < -0.4 is 15.4 Å². The minimum absolute atomic E-state index is 0. The molecule has 0 radical (unpaired) electrons. The predicted octanol–water partition coefficient (Wildman–Crippen LogP) is 4.61. The number of ether oxygens (including phenoxy) is 1. The Labute approximate surface area is 160 Å². The largest absolute Gasteiger partial charge is 0.490 e. The summed E-state index contributed by atoms with van der Waals surface area (Å²) in [6.07, 6.45) is 6.83. The summed E-state index contributed by atoms with van der Waals surface area (Å²) in [4.78, 5) is 14.9. The molecule has 0 saturated heterocycles. The van der Waals surface area contributed by atoms with E-state index in [1.54, 1.807) is 0 Å². The van der Waals surface area contributed by atoms with Gasteiger partial charge in [0.25, 0.3) is 5.91 Å². The third-order valence-electron chi connectivity index (χ3n) is 5.22. The molecule has 5 heteroatoms. The van der Waals surface area contributed by atoms with Gasteiger partial charge in [-0.2, -0.15) is 0 Å². The molecule has 0 unspecified atom stereocenters. The molecule has 0 aromatic heterocycles. The van der Waals surface area contributed by atoms with Crippen LogP contribution in [0.25, 0.3) is 0 Å². The Morgan fingerprint density at radius 1 is 1.08 bits per heavy atom. The molecule has 4 rings (SSSR count). The van der Waals surface area contributed by atoms with Crippen molar-refractivity contribution in [1.82, 2.24) is 0 Å². The monoisotopic (exact) mass is 372 g/mol. The second kappa shape index (κ2) is 8.00. The zero-order valence-corrected chi connectivity index (χ0v) is 15.6. The van der Waals surface area contributed by atoms with Gasteiger partial charge < -0.3 is 15.4 Å². The highest BCUT2D eigenvalue weighted by molar-refractivity contribution is 6.07. The number of nitrogens with two attached hydrogens (primary N) is 1. The van der Waals surface area contributed by atoms with Crippen molar-refractivity contribution in [1.29, 1.82) is 0 Å². The first-order chi connectivity index (χ1) is 12.2. The van der Waals surface area contributed by atoms with Crippen molar-refractivity contribution in [2.45, 2.75) is 44.6 Å². The quantitative estimate of drug-likeness (QED) is 0.801. The average Bonchev–Trinajstić information content (AvgIpc) is 3.14. The maximum Gasteiger partial charge on any atom is 0.258 e. The molecule has 1 amide bonds. The molecule has 138 valence electrons. The van der Waals surface area contributed by atoms with Crippen molar-refractivity contribution in [2.24, 2.45) is 0 Å². The summed E-state index contributed by atoms with van der Waals surface area (Å²) in [5, 5.41) is 0. The van der Waals surface area contributed by atoms with Gasteiger partial charge in [-0.3, -0.25) is 4.79 Å². The molecule has 0 bridgehead atoms. The molecule has 1 fully saturated rings. The van der Waals surface area contributed by atoms with Gasteiger partial charge in [0.15, 0.2) is 0 Å². The van der Waals surface area contributed by atoms with Crippen LogP contribution in [-0.4, -0.2) is 18.6 Å². The van der Waals surface area contributed by atoms with Crippen LogP contribution in [-0.2, 0) is 6.42 Å². The number of fused-ring (bicyclic) bond motifs is 1. The third kappa shape index (κ3) is 3.65. The van der Waals surface area contributed by atoms with E-state index in [1.807, 2.05) is 47.4 Å². The molecule has 1 heterocycles. The molecule has 1 saturated carbocycles. The van der Waals surface area contributed by atoms with E-state index in [2.05, 4.69) is 0 Å². The molecule has 2 aliphatic rings. The molecule has 1 aliphatic carbocycles. The van der Waals surface area contributed by atoms with Crippen LogP contribution in [0.15, 0.2) is 42.5 Å². The first-order valence-corrected chi connectivity index (χ1v) is 9.18. The molecular formula is C21H25ClN2O2. The van der Waals surface area contributed by atoms with Crippen LogP contribution in [0, 0.1) is 0 Å². The SMILES string of the molecule is Cl.Nc1cccc2c1CCCN2C(=O)c1cccc(OC2CCCC2)c1. The summed E-state index contributed by atoms with van der Waals surface area (Å²) in [7, 11) is 0. The van der Waals surface area contributed by atoms with E-state index in [1.165, 1.54) is 12.8 Å². The van der Waals surface area contributed by atoms with Crippen LogP contribution in [0.4, 0.5) is 11.4 Å². The number of hydrogen-bond donors (Lipinski definition) is 1. The lowest BCUT2D eigenvalue weighted by Gasteiger charge is -2.30. The average molecular weight is 373 g/mol. The summed E-state index contributed by atoms with van der Waals surface area (Å²) in [5.41, 5.74) is 9.57. The van der Waals surface area contributed by atoms with Crippen molar-refractivity contribution in [3.63, 3.8) is 0 Å². The molecule has 0 atom stereocenters. The number of hydrogen-bond acceptors (Lipinski definition) is 3. The van der Waals surface area contributed by atoms with Crippen LogP contribution in [0.1, 0.15) is 48.0 Å². The normalized spacial score (nSPS) is 16.7. The lowest BCUT2D eigenvalue weighted by Crippen LogP contribution is -2.35. The summed E-state index contributed by atoms with van der Waals surface area (Å²) in [6.45, 7) is 0.725. The maximum absolute atomic E-state index is 13.1. The fourth-order valence-electron chi connectivity index (χ4n) is 3.92. The van der Waals surface area contributed by atoms with E-state index in [0.29, 0.717) is 11.7 Å². The number of anilines is 2. The number of benzene rings is 2. The minimum Gasteiger partial charge on any atom is -0.490 e. The van der Waals surface area contributed by atoms with Crippen molar-refractivity contribution in [3.05, 3.63) is 53.6 Å². The van der Waals surface area contributed by atoms with Gasteiger partial charge in [0, 0.05) is 23.5 Å². The van der Waals surface area contributed by atoms with Crippen LogP contribution in [0.2, 0.25) is 0 Å². The van der Waals surface area contributed by atoms with E-state index in [0.717, 1.165) is 54.9 Å². The molecule has 2 N–H and O–H groups in total. The molecular weight excluding hydrogens is 348 g/mol. The van der Waals surface area contributed by atoms with E-state index in [9.17, 15) is 4.79 Å². The summed E-state index contributed by atoms with van der Waals surface area (Å²) in [5.74, 6) is 0.811. The Morgan fingerprint density at radius 3 is 2.65 bits per heavy atom. The molecule has 26 heavy (non-hydrogen) atoms. The molecule has 2 aromatic carbocycles. The molecule has 4 nitrogen and oxygen atoms in total. The maximum atomic E-state index is 13.1. The van der Waals surface area contributed by atoms with Gasteiger partial charge in [0.1, 0.15) is 5.75 Å². The highest BCUT2D eigenvalue weighted by Crippen LogP contribution is 2.33. The van der Waals surface area contributed by atoms with E-state index in [-0.39, 0.29) is 18.3 Å². The number of halogens is 1. The third-order valence-corrected chi connectivity index (χ3v) is 5.22. The molecule has 1 aliphatic heterocycles. The highest BCUT2D eigenvalue weighted by Gasteiger charge is 2.25. The van der Waals surface area contributed by atoms with Gasteiger partial charge in [0.05, 0.1) is 6.10 Å². The van der Waals surface area contributed by atoms with Crippen LogP contribution >= 0.6 is 12.4 Å². The Kier molecular flexibility index (Phi) is 5.72. The summed E-state index contributed by atoms with van der Waals surface area (Å²) >= 11 is 0. The molecule has 2 aromatic rings. The first kappa shape index (κ1) is 18.6. The number of nitrogens with zero attached hydrogens (tertiary/aromatic N) is 1. The predicted molar refractivity (Wildman–Crippen MR) is 107 cm³/mol. The van der Waals surface area contributed by atoms with Crippen molar-refractivity contribution >= 4 is 29.7 Å². The number of nitrogen functional groups attached to an aromatic ring is 1. The second-order valence-corrected chi connectivity index (χ2v) is 6.96. The van der Waals surface area contributed by atoms with Gasteiger partial charge in [-0.15, -0.1) is 12.4 Å². The summed E-state index contributed by atoms with van der Waals surface area (Å²) in [6, 6.07) is 13.4. The van der Waals surface area contributed by atoms with Gasteiger partial charge in [-0.1, -0.05) is 12.1 Å². The van der Waals surface area contributed by atoms with Gasteiger partial charge >= 0.3 is 0 Å². The van der Waals surface area contributed by atoms with Crippen LogP contribution in [0.3, 0.4) is 0 Å². The second-order valence-electron chi connectivity index (χ2n) is 6.96. The van der Waals surface area contributed by atoms with E-state index < -0.39 is 0 Å². The zero-order chi connectivity index (χ0) is 17.2. The standard InChI is InChI=1S/C21H24N2O2.ClH/c22-19-11-4-12-20-18(19)10-5-13-23(20)21(24)15-6-3-9-17(14-15)25-16-7-1-2-8-16;/h3-4,6,9,11-12,14,16H,1-2,5,7-8,10,13,22H2;1H. The number of carbonyl (C=O) groups is 1. The van der Waals surface area contributed by atoms with Crippen molar-refractivity contribution in [2.75, 3.05) is 17.2 Å². The first-order valence-electron chi connectivity index (χ1n) is 9.18.